The fourth-order valence-corrected chi connectivity index (χ4v) is 3.13. The molecule has 1 amide bonds. The van der Waals surface area contributed by atoms with Gasteiger partial charge in [-0.2, -0.15) is 0 Å². The summed E-state index contributed by atoms with van der Waals surface area (Å²) in [5.74, 6) is 1.82. The van der Waals surface area contributed by atoms with Gasteiger partial charge in [0.05, 0.1) is 0 Å². The van der Waals surface area contributed by atoms with Crippen LogP contribution in [-0.4, -0.2) is 61.2 Å². The van der Waals surface area contributed by atoms with Crippen LogP contribution in [-0.2, 0) is 4.79 Å². The smallest absolute Gasteiger partial charge is 0.244 e. The Kier molecular flexibility index (Phi) is 14.3. The summed E-state index contributed by atoms with van der Waals surface area (Å²) in [5, 5.41) is 15.7. The number of rotatable bonds is 9. The van der Waals surface area contributed by atoms with E-state index in [4.69, 9.17) is 0 Å². The molecule has 1 atom stereocenters. The van der Waals surface area contributed by atoms with Crippen molar-refractivity contribution in [3.63, 3.8) is 0 Å². The van der Waals surface area contributed by atoms with Crippen molar-refractivity contribution in [2.24, 2.45) is 16.8 Å². The molecule has 7 heteroatoms. The first-order chi connectivity index (χ1) is 11.6. The van der Waals surface area contributed by atoms with Gasteiger partial charge in [-0.1, -0.05) is 13.8 Å². The molecule has 0 aromatic rings. The van der Waals surface area contributed by atoms with Crippen molar-refractivity contribution < 1.29 is 9.90 Å². The van der Waals surface area contributed by atoms with Crippen molar-refractivity contribution in [1.82, 2.24) is 15.5 Å². The molecule has 25 heavy (non-hydrogen) atoms. The van der Waals surface area contributed by atoms with Gasteiger partial charge < -0.3 is 20.6 Å². The molecule has 0 bridgehead atoms. The van der Waals surface area contributed by atoms with E-state index in [9.17, 15) is 9.90 Å². The van der Waals surface area contributed by atoms with Crippen LogP contribution in [0, 0.1) is 11.8 Å². The molecule has 1 saturated heterocycles. The average molecular weight is 468 g/mol. The number of guanidine groups is 1. The molecule has 0 saturated carbocycles. The highest BCUT2D eigenvalue weighted by atomic mass is 127. The van der Waals surface area contributed by atoms with Crippen molar-refractivity contribution in [3.8, 4) is 0 Å². The van der Waals surface area contributed by atoms with Crippen LogP contribution >= 0.6 is 24.0 Å². The monoisotopic (exact) mass is 468 g/mol. The van der Waals surface area contributed by atoms with Gasteiger partial charge in [-0.3, -0.25) is 4.79 Å². The van der Waals surface area contributed by atoms with E-state index in [2.05, 4.69) is 29.5 Å². The van der Waals surface area contributed by atoms with Crippen LogP contribution in [0.15, 0.2) is 4.99 Å². The maximum absolute atomic E-state index is 12.2. The number of aliphatic hydroxyl groups excluding tert-OH is 1. The summed E-state index contributed by atoms with van der Waals surface area (Å²) in [7, 11) is 0. The van der Waals surface area contributed by atoms with Gasteiger partial charge in [-0.05, 0) is 50.9 Å². The Morgan fingerprint density at radius 3 is 2.44 bits per heavy atom. The van der Waals surface area contributed by atoms with Crippen LogP contribution in [0.3, 0.4) is 0 Å². The number of carbonyl (C=O) groups is 1. The average Bonchev–Trinajstić information content (AvgIpc) is 2.57. The van der Waals surface area contributed by atoms with Crippen molar-refractivity contribution in [3.05, 3.63) is 0 Å². The number of hydrogen-bond donors (Lipinski definition) is 3. The van der Waals surface area contributed by atoms with Crippen LogP contribution in [0.5, 0.6) is 0 Å². The molecule has 0 aliphatic carbocycles. The van der Waals surface area contributed by atoms with E-state index in [1.165, 1.54) is 6.42 Å². The zero-order valence-corrected chi connectivity index (χ0v) is 18.4. The highest BCUT2D eigenvalue weighted by molar-refractivity contribution is 14.0. The van der Waals surface area contributed by atoms with Gasteiger partial charge in [-0.25, -0.2) is 4.99 Å². The van der Waals surface area contributed by atoms with Crippen LogP contribution in [0.1, 0.15) is 52.9 Å². The maximum atomic E-state index is 12.2. The second kappa shape index (κ2) is 14.6. The fraction of sp³-hybridized carbons (Fsp3) is 0.889. The Hall–Kier alpha value is -0.570. The standard InChI is InChI=1S/C18H36N4O2.HI/c1-4-19-18(20-13-16(8-11-23)12-15(2)3)21-14-17(24)22-9-6-5-7-10-22;/h15-16,23H,4-14H2,1-3H3,(H2,19,20,21);1H. The second-order valence-corrected chi connectivity index (χ2v) is 7.03. The van der Waals surface area contributed by atoms with E-state index >= 15 is 0 Å². The summed E-state index contributed by atoms with van der Waals surface area (Å²) in [4.78, 5) is 18.6. The van der Waals surface area contributed by atoms with E-state index in [0.717, 1.165) is 51.9 Å². The third kappa shape index (κ3) is 10.9. The summed E-state index contributed by atoms with van der Waals surface area (Å²) >= 11 is 0. The Balaban J connectivity index is 0.00000576. The van der Waals surface area contributed by atoms with Crippen molar-refractivity contribution in [1.29, 1.82) is 0 Å². The fourth-order valence-electron chi connectivity index (χ4n) is 3.13. The SMILES string of the molecule is CCNC(=NCC(=O)N1CCCCC1)NCC(CCO)CC(C)C.I. The van der Waals surface area contributed by atoms with Crippen molar-refractivity contribution in [2.75, 3.05) is 39.3 Å². The van der Waals surface area contributed by atoms with E-state index in [1.807, 2.05) is 11.8 Å². The molecular formula is C18H37IN4O2. The Labute approximate surface area is 170 Å². The normalized spacial score (nSPS) is 16.4. The Bertz CT molecular complexity index is 385. The number of amides is 1. The number of nitrogens with zero attached hydrogens (tertiary/aromatic N) is 2. The Morgan fingerprint density at radius 2 is 1.88 bits per heavy atom. The second-order valence-electron chi connectivity index (χ2n) is 7.03. The van der Waals surface area contributed by atoms with Gasteiger partial charge in [0, 0.05) is 32.8 Å². The van der Waals surface area contributed by atoms with Crippen LogP contribution < -0.4 is 10.6 Å². The molecule has 1 heterocycles. The maximum Gasteiger partial charge on any atom is 0.244 e. The summed E-state index contributed by atoms with van der Waals surface area (Å²) in [6.45, 7) is 10.1. The number of nitrogens with one attached hydrogen (secondary N) is 2. The molecule has 0 aromatic carbocycles. The minimum Gasteiger partial charge on any atom is -0.396 e. The minimum atomic E-state index is 0. The molecular weight excluding hydrogens is 431 g/mol. The number of aliphatic imine (C=N–C) groups is 1. The number of hydrogen-bond acceptors (Lipinski definition) is 3. The zero-order valence-electron chi connectivity index (χ0n) is 16.1. The van der Waals surface area contributed by atoms with Crippen LogP contribution in [0.25, 0.3) is 0 Å². The van der Waals surface area contributed by atoms with Crippen LogP contribution in [0.4, 0.5) is 0 Å². The van der Waals surface area contributed by atoms with Crippen molar-refractivity contribution >= 4 is 35.8 Å². The molecule has 0 aromatic heterocycles. The third-order valence-electron chi connectivity index (χ3n) is 4.33. The van der Waals surface area contributed by atoms with Crippen LogP contribution in [0.2, 0.25) is 0 Å². The first-order valence-corrected chi connectivity index (χ1v) is 9.47. The first kappa shape index (κ1) is 24.4. The largest absolute Gasteiger partial charge is 0.396 e. The molecule has 148 valence electrons. The molecule has 1 fully saturated rings. The topological polar surface area (TPSA) is 77.0 Å². The van der Waals surface area contributed by atoms with Gasteiger partial charge in [-0.15, -0.1) is 24.0 Å². The number of aliphatic hydroxyl groups is 1. The van der Waals surface area contributed by atoms with Gasteiger partial charge in [0.15, 0.2) is 5.96 Å². The summed E-state index contributed by atoms with van der Waals surface area (Å²) < 4.78 is 0. The first-order valence-electron chi connectivity index (χ1n) is 9.47. The Morgan fingerprint density at radius 1 is 1.20 bits per heavy atom. The summed E-state index contributed by atoms with van der Waals surface area (Å²) in [5.41, 5.74) is 0. The van der Waals surface area contributed by atoms with E-state index in [1.54, 1.807) is 0 Å². The van der Waals surface area contributed by atoms with Gasteiger partial charge in [0.1, 0.15) is 6.54 Å². The van der Waals surface area contributed by atoms with Gasteiger partial charge in [0.25, 0.3) is 0 Å². The van der Waals surface area contributed by atoms with Gasteiger partial charge in [0.2, 0.25) is 5.91 Å². The molecule has 0 spiro atoms. The highest BCUT2D eigenvalue weighted by Crippen LogP contribution is 2.14. The van der Waals surface area contributed by atoms with E-state index in [0.29, 0.717) is 17.8 Å². The summed E-state index contributed by atoms with van der Waals surface area (Å²) in [6, 6.07) is 0. The quantitative estimate of drug-likeness (QED) is 0.276. The third-order valence-corrected chi connectivity index (χ3v) is 4.33. The lowest BCUT2D eigenvalue weighted by atomic mass is 9.94. The zero-order chi connectivity index (χ0) is 17.8. The molecule has 1 aliphatic heterocycles. The predicted octanol–water partition coefficient (Wildman–Crippen LogP) is 2.22. The number of likely N-dealkylation sites (tertiary alicyclic amines) is 1. The van der Waals surface area contributed by atoms with E-state index < -0.39 is 0 Å². The van der Waals surface area contributed by atoms with Crippen molar-refractivity contribution in [2.45, 2.75) is 52.9 Å². The molecule has 1 unspecified atom stereocenters. The number of halogens is 1. The minimum absolute atomic E-state index is 0. The molecule has 3 N–H and O–H groups in total. The lowest BCUT2D eigenvalue weighted by Crippen LogP contribution is -2.42. The lowest BCUT2D eigenvalue weighted by molar-refractivity contribution is -0.130. The number of piperidine rings is 1. The lowest BCUT2D eigenvalue weighted by Gasteiger charge is -2.26. The van der Waals surface area contributed by atoms with Gasteiger partial charge >= 0.3 is 0 Å². The number of carbonyl (C=O) groups excluding carboxylic acids is 1. The predicted molar refractivity (Wildman–Crippen MR) is 114 cm³/mol. The molecule has 1 rings (SSSR count). The highest BCUT2D eigenvalue weighted by Gasteiger charge is 2.16. The molecule has 0 radical (unpaired) electrons. The van der Waals surface area contributed by atoms with E-state index in [-0.39, 0.29) is 43.0 Å². The molecule has 6 nitrogen and oxygen atoms in total. The molecule has 1 aliphatic rings. The summed E-state index contributed by atoms with van der Waals surface area (Å²) in [6.07, 6.45) is 5.29.